The molecule has 1 N–H and O–H groups in total. The van der Waals surface area contributed by atoms with Crippen LogP contribution in [0.4, 0.5) is 4.39 Å². The van der Waals surface area contributed by atoms with Gasteiger partial charge in [0.25, 0.3) is 0 Å². The molecular formula is C19H25FN3O4S+. The Balaban J connectivity index is 1.39. The Morgan fingerprint density at radius 1 is 1.00 bits per heavy atom. The van der Waals surface area contributed by atoms with Crippen molar-refractivity contribution < 1.29 is 27.3 Å². The largest absolute Gasteiger partial charge is 0.315 e. The topological polar surface area (TPSA) is 79.2 Å². The third-order valence-electron chi connectivity index (χ3n) is 6.20. The predicted molar refractivity (Wildman–Crippen MR) is 98.0 cm³/mol. The normalized spacial score (nSPS) is 27.2. The Kier molecular flexibility index (Phi) is 5.24. The SMILES string of the molecule is O=C1[C@@H]2CCCC[C@H]2C(=O)N1C[NH+]1CCN(S(=O)(=O)c2ccccc2F)CC1. The lowest BCUT2D eigenvalue weighted by molar-refractivity contribution is -0.910. The van der Waals surface area contributed by atoms with Gasteiger partial charge in [-0.25, -0.2) is 17.7 Å². The smallest absolute Gasteiger partial charge is 0.246 e. The molecule has 3 aliphatic rings. The lowest BCUT2D eigenvalue weighted by Crippen LogP contribution is -3.16. The van der Waals surface area contributed by atoms with E-state index in [4.69, 9.17) is 0 Å². The summed E-state index contributed by atoms with van der Waals surface area (Å²) in [7, 11) is -3.88. The number of sulfonamides is 1. The van der Waals surface area contributed by atoms with Crippen LogP contribution in [0, 0.1) is 17.7 Å². The van der Waals surface area contributed by atoms with Crippen LogP contribution in [0.15, 0.2) is 29.2 Å². The predicted octanol–water partition coefficient (Wildman–Crippen LogP) is -0.152. The Hall–Kier alpha value is -1.84. The highest BCUT2D eigenvalue weighted by Crippen LogP contribution is 2.37. The second-order valence-corrected chi connectivity index (χ2v) is 9.75. The first-order chi connectivity index (χ1) is 13.4. The summed E-state index contributed by atoms with van der Waals surface area (Å²) in [4.78, 5) is 27.3. The number of piperazine rings is 1. The molecule has 2 amide bonds. The van der Waals surface area contributed by atoms with Gasteiger partial charge in [0.1, 0.15) is 10.7 Å². The first-order valence-corrected chi connectivity index (χ1v) is 11.3. The van der Waals surface area contributed by atoms with Gasteiger partial charge in [-0.3, -0.25) is 9.59 Å². The summed E-state index contributed by atoms with van der Waals surface area (Å²) in [6.45, 7) is 1.70. The lowest BCUT2D eigenvalue weighted by atomic mass is 9.81. The van der Waals surface area contributed by atoms with Gasteiger partial charge in [-0.05, 0) is 25.0 Å². The van der Waals surface area contributed by atoms with Crippen LogP contribution in [-0.2, 0) is 19.6 Å². The van der Waals surface area contributed by atoms with Gasteiger partial charge in [0.15, 0.2) is 6.67 Å². The molecule has 7 nitrogen and oxygen atoms in total. The lowest BCUT2D eigenvalue weighted by Gasteiger charge is -2.33. The maximum Gasteiger partial charge on any atom is 0.246 e. The zero-order chi connectivity index (χ0) is 19.9. The molecule has 3 fully saturated rings. The Morgan fingerprint density at radius 3 is 2.14 bits per heavy atom. The van der Waals surface area contributed by atoms with Crippen LogP contribution in [0.3, 0.4) is 0 Å². The third kappa shape index (κ3) is 3.35. The molecule has 9 heteroatoms. The number of nitrogens with zero attached hydrogens (tertiary/aromatic N) is 2. The van der Waals surface area contributed by atoms with Crippen molar-refractivity contribution >= 4 is 21.8 Å². The molecule has 2 aliphatic heterocycles. The number of quaternary nitrogens is 1. The van der Waals surface area contributed by atoms with Gasteiger partial charge >= 0.3 is 0 Å². The molecule has 1 saturated carbocycles. The van der Waals surface area contributed by atoms with E-state index >= 15 is 0 Å². The summed E-state index contributed by atoms with van der Waals surface area (Å²) in [6.07, 6.45) is 3.56. The van der Waals surface area contributed by atoms with Crippen LogP contribution >= 0.6 is 0 Å². The fourth-order valence-electron chi connectivity index (χ4n) is 4.60. The van der Waals surface area contributed by atoms with Gasteiger partial charge in [0.2, 0.25) is 21.8 Å². The molecule has 152 valence electrons. The van der Waals surface area contributed by atoms with Crippen molar-refractivity contribution in [2.24, 2.45) is 11.8 Å². The van der Waals surface area contributed by atoms with Crippen molar-refractivity contribution in [3.8, 4) is 0 Å². The molecule has 2 heterocycles. The Bertz CT molecular complexity index is 859. The van der Waals surface area contributed by atoms with E-state index in [-0.39, 0.29) is 48.3 Å². The first kappa shape index (κ1) is 19.5. The maximum atomic E-state index is 13.9. The average Bonchev–Trinajstić information content (AvgIpc) is 2.94. The summed E-state index contributed by atoms with van der Waals surface area (Å²) >= 11 is 0. The minimum absolute atomic E-state index is 0.0661. The van der Waals surface area contributed by atoms with Crippen LogP contribution in [0.25, 0.3) is 0 Å². The van der Waals surface area contributed by atoms with Gasteiger partial charge in [0.05, 0.1) is 38.0 Å². The molecule has 2 atom stereocenters. The second-order valence-electron chi connectivity index (χ2n) is 7.84. The quantitative estimate of drug-likeness (QED) is 0.700. The van der Waals surface area contributed by atoms with Crippen LogP contribution < -0.4 is 4.90 Å². The zero-order valence-electron chi connectivity index (χ0n) is 15.6. The molecule has 1 aromatic carbocycles. The van der Waals surface area contributed by atoms with Gasteiger partial charge in [-0.1, -0.05) is 25.0 Å². The maximum absolute atomic E-state index is 13.9. The first-order valence-electron chi connectivity index (χ1n) is 9.83. The molecular weight excluding hydrogens is 385 g/mol. The zero-order valence-corrected chi connectivity index (χ0v) is 16.5. The molecule has 0 unspecified atom stereocenters. The summed E-state index contributed by atoms with van der Waals surface area (Å²) in [6, 6.07) is 5.37. The van der Waals surface area contributed by atoms with E-state index in [1.54, 1.807) is 0 Å². The number of fused-ring (bicyclic) bond motifs is 1. The number of hydrogen-bond acceptors (Lipinski definition) is 4. The molecule has 2 saturated heterocycles. The number of imide groups is 1. The fourth-order valence-corrected chi connectivity index (χ4v) is 6.11. The van der Waals surface area contributed by atoms with E-state index in [2.05, 4.69) is 0 Å². The Labute approximate surface area is 164 Å². The van der Waals surface area contributed by atoms with E-state index in [0.717, 1.165) is 36.6 Å². The highest BCUT2D eigenvalue weighted by Gasteiger charge is 2.49. The van der Waals surface area contributed by atoms with Crippen molar-refractivity contribution in [3.63, 3.8) is 0 Å². The highest BCUT2D eigenvalue weighted by molar-refractivity contribution is 7.89. The number of carbonyl (C=O) groups is 2. The standard InChI is InChI=1S/C19H24FN3O4S/c20-16-7-3-4-8-17(16)28(26,27)22-11-9-21(10-12-22)13-23-18(24)14-5-1-2-6-15(14)19(23)25/h3-4,7-8,14-15H,1-2,5-6,9-13H2/p+1/t14-,15-/m1/s1. The van der Waals surface area contributed by atoms with E-state index < -0.39 is 15.8 Å². The van der Waals surface area contributed by atoms with Gasteiger partial charge in [-0.15, -0.1) is 0 Å². The van der Waals surface area contributed by atoms with Crippen molar-refractivity contribution in [2.45, 2.75) is 30.6 Å². The van der Waals surface area contributed by atoms with Crippen LogP contribution in [-0.4, -0.2) is 62.3 Å². The monoisotopic (exact) mass is 410 g/mol. The van der Waals surface area contributed by atoms with Crippen molar-refractivity contribution in [1.82, 2.24) is 9.21 Å². The van der Waals surface area contributed by atoms with E-state index in [1.807, 2.05) is 0 Å². The van der Waals surface area contributed by atoms with E-state index in [1.165, 1.54) is 27.4 Å². The molecule has 1 aliphatic carbocycles. The van der Waals surface area contributed by atoms with Crippen molar-refractivity contribution in [2.75, 3.05) is 32.8 Å². The minimum Gasteiger partial charge on any atom is -0.315 e. The molecule has 0 aromatic heterocycles. The molecule has 0 spiro atoms. The summed E-state index contributed by atoms with van der Waals surface area (Å²) < 4.78 is 40.6. The molecule has 28 heavy (non-hydrogen) atoms. The molecule has 4 rings (SSSR count). The summed E-state index contributed by atoms with van der Waals surface area (Å²) in [5.41, 5.74) is 0. The van der Waals surface area contributed by atoms with Crippen LogP contribution in [0.2, 0.25) is 0 Å². The third-order valence-corrected chi connectivity index (χ3v) is 8.13. The second kappa shape index (κ2) is 7.53. The molecule has 0 bridgehead atoms. The van der Waals surface area contributed by atoms with Crippen molar-refractivity contribution in [3.05, 3.63) is 30.1 Å². The van der Waals surface area contributed by atoms with Gasteiger partial charge < -0.3 is 4.90 Å². The number of likely N-dealkylation sites (tertiary alicyclic amines) is 1. The van der Waals surface area contributed by atoms with Crippen molar-refractivity contribution in [1.29, 1.82) is 0 Å². The van der Waals surface area contributed by atoms with Gasteiger partial charge in [-0.2, -0.15) is 4.31 Å². The number of benzene rings is 1. The Morgan fingerprint density at radius 2 is 1.57 bits per heavy atom. The average molecular weight is 410 g/mol. The number of halogens is 1. The summed E-state index contributed by atoms with van der Waals surface area (Å²) in [5, 5.41) is 0. The highest BCUT2D eigenvalue weighted by atomic mass is 32.2. The van der Waals surface area contributed by atoms with E-state index in [9.17, 15) is 22.4 Å². The van der Waals surface area contributed by atoms with E-state index in [0.29, 0.717) is 13.1 Å². The number of rotatable bonds is 4. The number of amides is 2. The summed E-state index contributed by atoms with van der Waals surface area (Å²) in [5.74, 6) is -1.22. The van der Waals surface area contributed by atoms with Crippen LogP contribution in [0.5, 0.6) is 0 Å². The van der Waals surface area contributed by atoms with Crippen LogP contribution in [0.1, 0.15) is 25.7 Å². The number of carbonyl (C=O) groups excluding carboxylic acids is 2. The molecule has 1 aromatic rings. The number of hydrogen-bond donors (Lipinski definition) is 1. The number of nitrogens with one attached hydrogen (secondary N) is 1. The van der Waals surface area contributed by atoms with Gasteiger partial charge in [0, 0.05) is 0 Å². The minimum atomic E-state index is -3.88. The fraction of sp³-hybridized carbons (Fsp3) is 0.579. The molecule has 0 radical (unpaired) electrons.